The first-order valence-electron chi connectivity index (χ1n) is 21.9. The van der Waals surface area contributed by atoms with Gasteiger partial charge < -0.3 is 0 Å². The monoisotopic (exact) mass is 760 g/mol. The summed E-state index contributed by atoms with van der Waals surface area (Å²) in [6, 6.07) is 25.3. The standard InChI is InChI=1S/C51H56N2O4/c1-3-5-7-9-11-13-18-22-35(23-19-14-12-10-8-6-4-2)53-50(56)42-30-26-38-36-24-28-40-46-41(49(55)52(48(40)54)33-32-34-20-16-15-17-21-34)29-25-37(44(36)46)39-27-31-43(51(53)57)47(42)45(38)39/h15-17,20-21,24-31,35H,3-14,18-19,22-23,32-33H2,1-2H3. The maximum atomic E-state index is 14.6. The summed E-state index contributed by atoms with van der Waals surface area (Å²) in [5.41, 5.74) is 3.30. The molecule has 0 aromatic heterocycles. The van der Waals surface area contributed by atoms with Crippen molar-refractivity contribution in [2.45, 2.75) is 129 Å². The highest BCUT2D eigenvalue weighted by Gasteiger charge is 2.39. The zero-order valence-electron chi connectivity index (χ0n) is 33.8. The molecular formula is C51H56N2O4. The Morgan fingerprint density at radius 3 is 1.23 bits per heavy atom. The van der Waals surface area contributed by atoms with Crippen molar-refractivity contribution in [3.63, 3.8) is 0 Å². The second-order valence-electron chi connectivity index (χ2n) is 16.6. The van der Waals surface area contributed by atoms with E-state index in [-0.39, 0.29) is 29.7 Å². The molecule has 0 N–H and O–H groups in total. The van der Waals surface area contributed by atoms with Crippen LogP contribution in [0.25, 0.3) is 43.1 Å². The van der Waals surface area contributed by atoms with Gasteiger partial charge in [0.05, 0.1) is 0 Å². The Morgan fingerprint density at radius 1 is 0.421 bits per heavy atom. The van der Waals surface area contributed by atoms with Crippen molar-refractivity contribution in [2.24, 2.45) is 0 Å². The number of amides is 4. The zero-order chi connectivity index (χ0) is 39.5. The first-order chi connectivity index (χ1) is 27.9. The Bertz CT molecular complexity index is 2310. The van der Waals surface area contributed by atoms with Crippen molar-refractivity contribution in [3.05, 3.63) is 107 Å². The number of imide groups is 2. The summed E-state index contributed by atoms with van der Waals surface area (Å²) < 4.78 is 0. The van der Waals surface area contributed by atoms with Gasteiger partial charge in [0.2, 0.25) is 0 Å². The molecule has 4 amide bonds. The highest BCUT2D eigenvalue weighted by atomic mass is 16.2. The van der Waals surface area contributed by atoms with E-state index in [0.717, 1.165) is 81.8 Å². The molecule has 2 aliphatic heterocycles. The predicted molar refractivity (Wildman–Crippen MR) is 233 cm³/mol. The highest BCUT2D eigenvalue weighted by molar-refractivity contribution is 6.41. The Morgan fingerprint density at radius 2 is 0.807 bits per heavy atom. The third-order valence-corrected chi connectivity index (χ3v) is 12.9. The van der Waals surface area contributed by atoms with Crippen molar-refractivity contribution < 1.29 is 19.2 Å². The van der Waals surface area contributed by atoms with Gasteiger partial charge in [0, 0.05) is 45.6 Å². The lowest BCUT2D eigenvalue weighted by atomic mass is 9.82. The van der Waals surface area contributed by atoms with Gasteiger partial charge >= 0.3 is 0 Å². The van der Waals surface area contributed by atoms with E-state index in [1.807, 2.05) is 78.9 Å². The molecule has 2 heterocycles. The minimum Gasteiger partial charge on any atom is -0.274 e. The number of hydrogen-bond acceptors (Lipinski definition) is 4. The summed E-state index contributed by atoms with van der Waals surface area (Å²) in [5, 5.41) is 6.86. The van der Waals surface area contributed by atoms with Crippen LogP contribution in [0, 0.1) is 0 Å². The summed E-state index contributed by atoms with van der Waals surface area (Å²) in [7, 11) is 0. The Labute approximate surface area is 336 Å². The van der Waals surface area contributed by atoms with Gasteiger partial charge in [0.25, 0.3) is 23.6 Å². The van der Waals surface area contributed by atoms with Gasteiger partial charge in [-0.15, -0.1) is 0 Å². The summed E-state index contributed by atoms with van der Waals surface area (Å²) >= 11 is 0. The summed E-state index contributed by atoms with van der Waals surface area (Å²) in [6.45, 7) is 4.79. The van der Waals surface area contributed by atoms with E-state index in [2.05, 4.69) is 13.8 Å². The minimum absolute atomic E-state index is 0.120. The molecule has 6 heteroatoms. The van der Waals surface area contributed by atoms with Gasteiger partial charge in [-0.05, 0) is 81.4 Å². The molecule has 0 saturated heterocycles. The van der Waals surface area contributed by atoms with Crippen LogP contribution in [0.3, 0.4) is 0 Å². The van der Waals surface area contributed by atoms with Crippen LogP contribution in [-0.2, 0) is 6.42 Å². The van der Waals surface area contributed by atoms with Gasteiger partial charge in [-0.25, -0.2) is 0 Å². The van der Waals surface area contributed by atoms with Gasteiger partial charge in [-0.3, -0.25) is 29.0 Å². The fourth-order valence-corrected chi connectivity index (χ4v) is 9.83. The molecule has 294 valence electrons. The van der Waals surface area contributed by atoms with Crippen molar-refractivity contribution in [1.82, 2.24) is 9.80 Å². The number of carbonyl (C=O) groups excluding carboxylic acids is 4. The topological polar surface area (TPSA) is 74.8 Å². The summed E-state index contributed by atoms with van der Waals surface area (Å²) in [4.78, 5) is 60.3. The molecule has 8 rings (SSSR count). The maximum Gasteiger partial charge on any atom is 0.261 e. The number of benzene rings is 6. The average Bonchev–Trinajstić information content (AvgIpc) is 3.23. The smallest absolute Gasteiger partial charge is 0.261 e. The Hall–Kier alpha value is -5.10. The second kappa shape index (κ2) is 17.2. The number of fused-ring (bicyclic) bond motifs is 2. The molecule has 0 radical (unpaired) electrons. The molecule has 0 fully saturated rings. The lowest BCUT2D eigenvalue weighted by Crippen LogP contribution is -2.47. The number of nitrogens with zero attached hydrogens (tertiary/aromatic N) is 2. The first-order valence-corrected chi connectivity index (χ1v) is 21.9. The molecule has 2 aliphatic rings. The molecule has 6 aromatic rings. The van der Waals surface area contributed by atoms with Crippen molar-refractivity contribution in [3.8, 4) is 0 Å². The molecule has 0 aliphatic carbocycles. The SMILES string of the molecule is CCCCCCCCCC(CCCCCCCCC)N1C(=O)c2ccc3c4ccc5c6c(ccc(c7ccc(c2c37)C1=O)c64)C(=O)N(CCc1ccccc1)C5=O. The van der Waals surface area contributed by atoms with Crippen LogP contribution in [-0.4, -0.2) is 46.0 Å². The molecule has 6 aromatic carbocycles. The number of carbonyl (C=O) groups is 4. The molecule has 0 unspecified atom stereocenters. The first kappa shape index (κ1) is 38.8. The minimum atomic E-state index is -0.276. The number of rotatable bonds is 20. The van der Waals surface area contributed by atoms with Crippen molar-refractivity contribution >= 4 is 66.7 Å². The van der Waals surface area contributed by atoms with Crippen LogP contribution in [0.15, 0.2) is 78.9 Å². The summed E-state index contributed by atoms with van der Waals surface area (Å²) in [6.07, 6.45) is 19.0. The number of hydrogen-bond donors (Lipinski definition) is 0. The van der Waals surface area contributed by atoms with E-state index in [4.69, 9.17) is 0 Å². The van der Waals surface area contributed by atoms with Crippen molar-refractivity contribution in [2.75, 3.05) is 6.54 Å². The maximum absolute atomic E-state index is 14.6. The van der Waals surface area contributed by atoms with E-state index >= 15 is 0 Å². The van der Waals surface area contributed by atoms with Crippen LogP contribution in [0.4, 0.5) is 0 Å². The zero-order valence-corrected chi connectivity index (χ0v) is 33.8. The molecule has 0 saturated carbocycles. The number of unbranched alkanes of at least 4 members (excludes halogenated alkanes) is 12. The van der Waals surface area contributed by atoms with E-state index in [0.29, 0.717) is 40.6 Å². The van der Waals surface area contributed by atoms with Crippen LogP contribution in [0.5, 0.6) is 0 Å². The summed E-state index contributed by atoms with van der Waals surface area (Å²) in [5.74, 6) is -0.922. The van der Waals surface area contributed by atoms with Crippen molar-refractivity contribution in [1.29, 1.82) is 0 Å². The lowest BCUT2D eigenvalue weighted by Gasteiger charge is -2.35. The molecular weight excluding hydrogens is 705 g/mol. The Balaban J connectivity index is 1.12. The van der Waals surface area contributed by atoms with Gasteiger partial charge in [-0.1, -0.05) is 158 Å². The Kier molecular flexibility index (Phi) is 11.7. The fourth-order valence-electron chi connectivity index (χ4n) is 9.83. The highest BCUT2D eigenvalue weighted by Crippen LogP contribution is 2.46. The molecule has 0 spiro atoms. The average molecular weight is 761 g/mol. The van der Waals surface area contributed by atoms with Crippen LogP contribution in [0.2, 0.25) is 0 Å². The van der Waals surface area contributed by atoms with E-state index in [1.54, 1.807) is 4.90 Å². The quantitative estimate of drug-likeness (QED) is 0.0336. The van der Waals surface area contributed by atoms with Crippen LogP contribution < -0.4 is 0 Å². The molecule has 0 atom stereocenters. The second-order valence-corrected chi connectivity index (χ2v) is 16.6. The molecule has 6 nitrogen and oxygen atoms in total. The fraction of sp³-hybridized carbons (Fsp3) is 0.412. The van der Waals surface area contributed by atoms with E-state index < -0.39 is 0 Å². The predicted octanol–water partition coefficient (Wildman–Crippen LogP) is 12.8. The largest absolute Gasteiger partial charge is 0.274 e. The third-order valence-electron chi connectivity index (χ3n) is 12.9. The molecule has 0 bridgehead atoms. The van der Waals surface area contributed by atoms with Gasteiger partial charge in [0.1, 0.15) is 0 Å². The van der Waals surface area contributed by atoms with E-state index in [9.17, 15) is 19.2 Å². The normalized spacial score (nSPS) is 14.2. The van der Waals surface area contributed by atoms with Crippen LogP contribution >= 0.6 is 0 Å². The van der Waals surface area contributed by atoms with Crippen LogP contribution in [0.1, 0.15) is 164 Å². The third kappa shape index (κ3) is 7.21. The van der Waals surface area contributed by atoms with Gasteiger partial charge in [-0.2, -0.15) is 0 Å². The van der Waals surface area contributed by atoms with Gasteiger partial charge in [0.15, 0.2) is 0 Å². The van der Waals surface area contributed by atoms with E-state index in [1.165, 1.54) is 69.1 Å². The lowest BCUT2D eigenvalue weighted by molar-refractivity contribution is 0.0514. The molecule has 57 heavy (non-hydrogen) atoms.